The maximum atomic E-state index is 16.1. The molecular weight excluding hydrogens is 875 g/mol. The van der Waals surface area contributed by atoms with E-state index in [4.69, 9.17) is 45.4 Å². The number of benzene rings is 2. The summed E-state index contributed by atoms with van der Waals surface area (Å²) in [7, 11) is -2.92. The number of hydrogen-bond donors (Lipinski definition) is 0. The Morgan fingerprint density at radius 2 is 0.792 bits per heavy atom. The molecule has 0 saturated heterocycles. The predicted octanol–water partition coefficient (Wildman–Crippen LogP) is 1.23. The predicted molar refractivity (Wildman–Crippen MR) is 175 cm³/mol. The number of rotatable bonds is 8. The third-order valence-electron chi connectivity index (χ3n) is 7.92. The van der Waals surface area contributed by atoms with Gasteiger partial charge in [0.15, 0.2) is 0 Å². The zero-order chi connectivity index (χ0) is 37.3. The van der Waals surface area contributed by atoms with E-state index < -0.39 is 44.4 Å². The molecule has 0 saturated carbocycles. The molecule has 0 N–H and O–H groups in total. The molecule has 6 heterocycles. The fraction of sp³-hybridized carbons (Fsp3) is 0. The average Bonchev–Trinajstić information content (AvgIpc) is 3.99. The Balaban J connectivity index is 0.00000104. The summed E-state index contributed by atoms with van der Waals surface area (Å²) in [4.78, 5) is 10.2. The summed E-state index contributed by atoms with van der Waals surface area (Å²) in [6.45, 7) is 0. The summed E-state index contributed by atoms with van der Waals surface area (Å²) in [5, 5.41) is 45.0. The van der Waals surface area contributed by atoms with Crippen LogP contribution in [0.1, 0.15) is 0 Å². The molecule has 0 aliphatic rings. The number of halogens is 4. The molecule has 13 nitrogen and oxygen atoms in total. The van der Waals surface area contributed by atoms with E-state index in [1.165, 1.54) is 24.5 Å². The Bertz CT molecular complexity index is 2260. The van der Waals surface area contributed by atoms with E-state index in [0.717, 1.165) is 24.3 Å². The maximum absolute atomic E-state index is 16.1. The van der Waals surface area contributed by atoms with Gasteiger partial charge < -0.3 is 15.1 Å². The second kappa shape index (κ2) is 13.1. The van der Waals surface area contributed by atoms with Crippen LogP contribution in [0, 0.1) is 23.3 Å². The molecular formula is C34H24BF4IrN10O3-6. The van der Waals surface area contributed by atoms with Crippen LogP contribution < -0.4 is 23.5 Å². The standard InChI is InChI=1S/2C11H6F2N.4C3H3N2.BO3.Ir/c2*12-9-3-4-10(11(13)6-9)8-2-1-5-14-7-8;4*1-2-4-5-3-1;2-1(3)4;/h2*1-6H;4*1-3H;;/q;;4*-1;-3;+1. The van der Waals surface area contributed by atoms with Crippen LogP contribution >= 0.6 is 0 Å². The normalized spacial score (nSPS) is 12.7. The van der Waals surface area contributed by atoms with Gasteiger partial charge in [0, 0.05) is 0 Å². The van der Waals surface area contributed by atoms with Crippen molar-refractivity contribution in [2.75, 3.05) is 0 Å². The molecule has 53 heavy (non-hydrogen) atoms. The molecule has 0 bridgehead atoms. The van der Waals surface area contributed by atoms with E-state index in [1.54, 1.807) is 112 Å². The van der Waals surface area contributed by atoms with Gasteiger partial charge in [-0.25, -0.2) is 0 Å². The summed E-state index contributed by atoms with van der Waals surface area (Å²) in [5.74, 6) is -3.30. The monoisotopic (exact) mass is 900 g/mol. The molecule has 8 aromatic rings. The van der Waals surface area contributed by atoms with Gasteiger partial charge in [-0.2, -0.15) is 0 Å². The van der Waals surface area contributed by atoms with Crippen molar-refractivity contribution in [2.24, 2.45) is 0 Å². The third kappa shape index (κ3) is 4.65. The van der Waals surface area contributed by atoms with Gasteiger partial charge >= 0.3 is 276 Å². The molecule has 8 rings (SSSR count). The van der Waals surface area contributed by atoms with Crippen molar-refractivity contribution >= 4 is 15.7 Å². The topological polar surface area (TPSA) is 166 Å². The van der Waals surface area contributed by atoms with Crippen molar-refractivity contribution in [3.8, 4) is 22.3 Å². The first-order valence-electron chi connectivity index (χ1n) is 15.3. The molecule has 6 aromatic heterocycles. The van der Waals surface area contributed by atoms with Crippen LogP contribution in [0.2, 0.25) is 0 Å². The van der Waals surface area contributed by atoms with Crippen molar-refractivity contribution < 1.29 is 46.5 Å². The average molecular weight is 900 g/mol. The Morgan fingerprint density at radius 3 is 1.08 bits per heavy atom. The minimum absolute atomic E-state index is 0.0117. The largest absolute Gasteiger partial charge is 0.907 e. The third-order valence-corrected chi connectivity index (χ3v) is 27.8. The van der Waals surface area contributed by atoms with Crippen molar-refractivity contribution in [2.45, 2.75) is 0 Å². The van der Waals surface area contributed by atoms with Gasteiger partial charge in [0.2, 0.25) is 0 Å². The number of aromatic nitrogens is 10. The van der Waals surface area contributed by atoms with Crippen molar-refractivity contribution in [3.63, 3.8) is 0 Å². The van der Waals surface area contributed by atoms with E-state index in [0.29, 0.717) is 0 Å². The minimum Gasteiger partial charge on any atom is -0.907 e. The van der Waals surface area contributed by atoms with E-state index >= 15 is 8.78 Å². The van der Waals surface area contributed by atoms with Crippen LogP contribution in [-0.4, -0.2) is 51.1 Å². The molecule has 19 heteroatoms. The summed E-state index contributed by atoms with van der Waals surface area (Å²) in [6, 6.07) is 19.7. The van der Waals surface area contributed by atoms with Crippen LogP contribution in [0.4, 0.5) is 17.6 Å². The Morgan fingerprint density at radius 1 is 0.453 bits per heavy atom. The van der Waals surface area contributed by atoms with Gasteiger partial charge in [-0.15, -0.1) is 0 Å². The second-order valence-corrected chi connectivity index (χ2v) is 25.2. The van der Waals surface area contributed by atoms with Crippen LogP contribution in [-0.2, 0) is 13.8 Å². The molecule has 0 aliphatic heterocycles. The zero-order valence-corrected chi connectivity index (χ0v) is 29.4. The van der Waals surface area contributed by atoms with Crippen molar-refractivity contribution in [1.82, 2.24) is 43.8 Å². The first-order chi connectivity index (χ1) is 25.6. The molecule has 0 aliphatic carbocycles. The fourth-order valence-corrected chi connectivity index (χ4v) is 26.9. The molecule has 2 aromatic carbocycles. The summed E-state index contributed by atoms with van der Waals surface area (Å²) in [5.41, 5.74) is 0.362. The van der Waals surface area contributed by atoms with Gasteiger partial charge in [0.1, 0.15) is 0 Å². The summed E-state index contributed by atoms with van der Waals surface area (Å²) in [6.07, 6.45) is 15.9. The minimum atomic E-state index is -7.51. The molecule has 0 atom stereocenters. The molecule has 0 spiro atoms. The van der Waals surface area contributed by atoms with Gasteiger partial charge in [0.25, 0.3) is 0 Å². The SMILES string of the molecule is Fc1ccc(-c2cccn[c]2[Ir-3]([c]2ncccc2-c2ccc(F)cc2F)([n]2cccn2)([n]2cccn2)([n]2cccn2)[n]2cccn2)c(F)c1.[O-]B([O-])[O-]. The van der Waals surface area contributed by atoms with Gasteiger partial charge in [-0.05, 0) is 0 Å². The number of nitrogens with zero attached hydrogens (tertiary/aromatic N) is 10. The Hall–Kier alpha value is -6.11. The smallest absolute Gasteiger partial charge is 0.278 e. The Kier molecular flexibility index (Phi) is 8.75. The zero-order valence-electron chi connectivity index (χ0n) is 27.0. The van der Waals surface area contributed by atoms with Crippen LogP contribution in [0.5, 0.6) is 0 Å². The van der Waals surface area contributed by atoms with E-state index in [9.17, 15) is 8.78 Å². The molecule has 0 radical (unpaired) electrons. The van der Waals surface area contributed by atoms with E-state index in [-0.39, 0.29) is 30.7 Å². The van der Waals surface area contributed by atoms with E-state index in [2.05, 4.69) is 0 Å². The van der Waals surface area contributed by atoms with Crippen LogP contribution in [0.15, 0.2) is 147 Å². The summed E-state index contributed by atoms with van der Waals surface area (Å²) >= 11 is -7.51. The van der Waals surface area contributed by atoms with Gasteiger partial charge in [0.05, 0.1) is 0 Å². The van der Waals surface area contributed by atoms with Crippen LogP contribution in [0.3, 0.4) is 0 Å². The number of pyridine rings is 2. The molecule has 274 valence electrons. The van der Waals surface area contributed by atoms with Crippen molar-refractivity contribution in [3.05, 3.63) is 170 Å². The quantitative estimate of drug-likeness (QED) is 0.161. The van der Waals surface area contributed by atoms with Gasteiger partial charge in [-0.1, -0.05) is 0 Å². The van der Waals surface area contributed by atoms with E-state index in [1.807, 2.05) is 0 Å². The van der Waals surface area contributed by atoms with Crippen LogP contribution in [0.25, 0.3) is 22.3 Å². The molecule has 0 amide bonds. The Labute approximate surface area is 297 Å². The maximum Gasteiger partial charge on any atom is -0.278 e. The number of hydrogen-bond acceptors (Lipinski definition) is 9. The molecule has 0 unspecified atom stereocenters. The fourth-order valence-electron chi connectivity index (χ4n) is 6.04. The first kappa shape index (κ1) is 35.3. The molecule has 0 fully saturated rings. The first-order valence-corrected chi connectivity index (χ1v) is 22.0. The summed E-state index contributed by atoms with van der Waals surface area (Å²) < 4.78 is 67.9. The van der Waals surface area contributed by atoms with Crippen molar-refractivity contribution in [1.29, 1.82) is 0 Å². The second-order valence-electron chi connectivity index (χ2n) is 10.8. The van der Waals surface area contributed by atoms with Gasteiger partial charge in [-0.3, -0.25) is 7.32 Å².